The van der Waals surface area contributed by atoms with Gasteiger partial charge in [0.1, 0.15) is 11.6 Å². The van der Waals surface area contributed by atoms with E-state index in [1.165, 1.54) is 17.8 Å². The fraction of sp³-hybridized carbons (Fsp3) is 0.235. The van der Waals surface area contributed by atoms with Crippen LogP contribution in [0.15, 0.2) is 42.5 Å². The molecule has 0 radical (unpaired) electrons. The molecule has 2 rings (SSSR count). The summed E-state index contributed by atoms with van der Waals surface area (Å²) in [6, 6.07) is 11.6. The second-order valence-electron chi connectivity index (χ2n) is 4.74. The molecule has 0 spiro atoms. The van der Waals surface area contributed by atoms with Gasteiger partial charge in [0, 0.05) is 34.2 Å². The van der Waals surface area contributed by atoms with Crippen LogP contribution in [0.4, 0.5) is 4.39 Å². The number of thioether (sulfide) groups is 1. The summed E-state index contributed by atoms with van der Waals surface area (Å²) < 4.78 is 18.7. The summed E-state index contributed by atoms with van der Waals surface area (Å²) in [5.41, 5.74) is 1.05. The van der Waals surface area contributed by atoms with Gasteiger partial charge in [-0.25, -0.2) is 4.39 Å². The van der Waals surface area contributed by atoms with Gasteiger partial charge in [-0.2, -0.15) is 11.8 Å². The maximum atomic E-state index is 13.6. The Morgan fingerprint density at radius 3 is 2.83 bits per heavy atom. The lowest BCUT2D eigenvalue weighted by Crippen LogP contribution is -2.25. The van der Waals surface area contributed by atoms with E-state index in [-0.39, 0.29) is 11.7 Å². The van der Waals surface area contributed by atoms with E-state index in [0.717, 1.165) is 0 Å². The number of halogens is 2. The molecule has 1 N–H and O–H groups in total. The molecule has 0 aliphatic rings. The minimum Gasteiger partial charge on any atom is -0.497 e. The third kappa shape index (κ3) is 5.15. The van der Waals surface area contributed by atoms with Crippen LogP contribution in [0, 0.1) is 5.82 Å². The Kier molecular flexibility index (Phi) is 6.74. The normalized spacial score (nSPS) is 10.4. The highest BCUT2D eigenvalue weighted by atomic mass is 35.5. The summed E-state index contributed by atoms with van der Waals surface area (Å²) in [5.74, 6) is 1.32. The Balaban J connectivity index is 1.76. The Bertz CT molecular complexity index is 661. The van der Waals surface area contributed by atoms with Gasteiger partial charge in [0.2, 0.25) is 0 Å². The molecule has 6 heteroatoms. The van der Waals surface area contributed by atoms with Crippen LogP contribution in [0.2, 0.25) is 5.02 Å². The maximum absolute atomic E-state index is 13.6. The first-order valence-electron chi connectivity index (χ1n) is 7.04. The number of hydrogen-bond acceptors (Lipinski definition) is 3. The van der Waals surface area contributed by atoms with Crippen LogP contribution in [-0.2, 0) is 5.75 Å². The molecule has 2 aromatic rings. The van der Waals surface area contributed by atoms with Crippen LogP contribution in [0.1, 0.15) is 15.9 Å². The minimum atomic E-state index is -0.301. The average Bonchev–Trinajstić information content (AvgIpc) is 2.56. The Morgan fingerprint density at radius 2 is 2.09 bits per heavy atom. The summed E-state index contributed by atoms with van der Waals surface area (Å²) in [7, 11) is 1.56. The highest BCUT2D eigenvalue weighted by Crippen LogP contribution is 2.23. The number of rotatable bonds is 7. The number of nitrogens with one attached hydrogen (secondary N) is 1. The van der Waals surface area contributed by atoms with E-state index in [2.05, 4.69) is 5.32 Å². The zero-order valence-electron chi connectivity index (χ0n) is 12.6. The third-order valence-electron chi connectivity index (χ3n) is 3.17. The predicted octanol–water partition coefficient (Wildman–Crippen LogP) is 4.15. The molecule has 0 bridgehead atoms. The highest BCUT2D eigenvalue weighted by Gasteiger charge is 2.08. The van der Waals surface area contributed by atoms with Gasteiger partial charge in [-0.15, -0.1) is 0 Å². The molecule has 0 atom stereocenters. The molecule has 23 heavy (non-hydrogen) atoms. The first-order chi connectivity index (χ1) is 11.1. The van der Waals surface area contributed by atoms with Crippen molar-refractivity contribution < 1.29 is 13.9 Å². The smallest absolute Gasteiger partial charge is 0.251 e. The van der Waals surface area contributed by atoms with Crippen LogP contribution in [0.5, 0.6) is 5.75 Å². The maximum Gasteiger partial charge on any atom is 0.251 e. The predicted molar refractivity (Wildman–Crippen MR) is 92.9 cm³/mol. The van der Waals surface area contributed by atoms with Gasteiger partial charge in [-0.05, 0) is 30.3 Å². The molecule has 0 heterocycles. The van der Waals surface area contributed by atoms with Crippen molar-refractivity contribution in [1.82, 2.24) is 5.32 Å². The van der Waals surface area contributed by atoms with Gasteiger partial charge in [-0.1, -0.05) is 23.7 Å². The topological polar surface area (TPSA) is 38.3 Å². The van der Waals surface area contributed by atoms with Crippen molar-refractivity contribution in [2.45, 2.75) is 5.75 Å². The Morgan fingerprint density at radius 1 is 1.30 bits per heavy atom. The molecule has 0 unspecified atom stereocenters. The number of carbonyl (C=O) groups excluding carboxylic acids is 1. The molecule has 0 aliphatic heterocycles. The first-order valence-corrected chi connectivity index (χ1v) is 8.58. The lowest BCUT2D eigenvalue weighted by molar-refractivity contribution is 0.0956. The van der Waals surface area contributed by atoms with Gasteiger partial charge < -0.3 is 10.1 Å². The van der Waals surface area contributed by atoms with Gasteiger partial charge >= 0.3 is 0 Å². The summed E-state index contributed by atoms with van der Waals surface area (Å²) >= 11 is 7.48. The standard InChI is InChI=1S/C17H17ClFNO2S/c1-22-13-5-2-4-12(10-13)17(21)20-8-9-23-11-14-15(18)6-3-7-16(14)19/h2-7,10H,8-9,11H2,1H3,(H,20,21). The van der Waals surface area contributed by atoms with Crippen LogP contribution >= 0.6 is 23.4 Å². The molecule has 1 amide bonds. The van der Waals surface area contributed by atoms with Crippen molar-refractivity contribution in [3.63, 3.8) is 0 Å². The first kappa shape index (κ1) is 17.6. The summed E-state index contributed by atoms with van der Waals surface area (Å²) in [6.45, 7) is 0.493. The van der Waals surface area contributed by atoms with Crippen molar-refractivity contribution in [1.29, 1.82) is 0 Å². The van der Waals surface area contributed by atoms with Crippen molar-refractivity contribution in [3.05, 3.63) is 64.4 Å². The molecule has 0 aliphatic carbocycles. The third-order valence-corrected chi connectivity index (χ3v) is 4.51. The fourth-order valence-electron chi connectivity index (χ4n) is 1.95. The zero-order chi connectivity index (χ0) is 16.7. The summed E-state index contributed by atoms with van der Waals surface area (Å²) in [4.78, 5) is 12.0. The summed E-state index contributed by atoms with van der Waals surface area (Å²) in [5, 5.41) is 3.25. The largest absolute Gasteiger partial charge is 0.497 e. The van der Waals surface area contributed by atoms with E-state index < -0.39 is 0 Å². The van der Waals surface area contributed by atoms with Crippen LogP contribution < -0.4 is 10.1 Å². The highest BCUT2D eigenvalue weighted by molar-refractivity contribution is 7.98. The Hall–Kier alpha value is -1.72. The number of hydrogen-bond donors (Lipinski definition) is 1. The van der Waals surface area contributed by atoms with Crippen molar-refractivity contribution in [2.24, 2.45) is 0 Å². The van der Waals surface area contributed by atoms with Gasteiger partial charge in [-0.3, -0.25) is 4.79 Å². The van der Waals surface area contributed by atoms with E-state index in [0.29, 0.717) is 39.9 Å². The van der Waals surface area contributed by atoms with E-state index in [4.69, 9.17) is 16.3 Å². The molecule has 0 saturated carbocycles. The molecular formula is C17H17ClFNO2S. The number of benzene rings is 2. The van der Waals surface area contributed by atoms with E-state index in [1.54, 1.807) is 43.5 Å². The number of carbonyl (C=O) groups is 1. The Labute approximate surface area is 144 Å². The van der Waals surface area contributed by atoms with Crippen molar-refractivity contribution in [3.8, 4) is 5.75 Å². The van der Waals surface area contributed by atoms with Crippen LogP contribution in [-0.4, -0.2) is 25.3 Å². The van der Waals surface area contributed by atoms with E-state index in [1.807, 2.05) is 0 Å². The molecule has 0 fully saturated rings. The van der Waals surface area contributed by atoms with E-state index >= 15 is 0 Å². The quantitative estimate of drug-likeness (QED) is 0.760. The van der Waals surface area contributed by atoms with Gasteiger partial charge in [0.15, 0.2) is 0 Å². The van der Waals surface area contributed by atoms with Crippen molar-refractivity contribution in [2.75, 3.05) is 19.4 Å². The minimum absolute atomic E-state index is 0.159. The second-order valence-corrected chi connectivity index (χ2v) is 6.25. The van der Waals surface area contributed by atoms with E-state index in [9.17, 15) is 9.18 Å². The molecular weight excluding hydrogens is 337 g/mol. The average molecular weight is 354 g/mol. The van der Waals surface area contributed by atoms with Gasteiger partial charge in [0.25, 0.3) is 5.91 Å². The molecule has 0 aromatic heterocycles. The SMILES string of the molecule is COc1cccc(C(=O)NCCSCc2c(F)cccc2Cl)c1. The molecule has 2 aromatic carbocycles. The lowest BCUT2D eigenvalue weighted by atomic mass is 10.2. The summed E-state index contributed by atoms with van der Waals surface area (Å²) in [6.07, 6.45) is 0. The lowest BCUT2D eigenvalue weighted by Gasteiger charge is -2.08. The van der Waals surface area contributed by atoms with Crippen molar-refractivity contribution >= 4 is 29.3 Å². The molecule has 0 saturated heterocycles. The molecule has 122 valence electrons. The second kappa shape index (κ2) is 8.79. The van der Waals surface area contributed by atoms with Gasteiger partial charge in [0.05, 0.1) is 7.11 Å². The van der Waals surface area contributed by atoms with Crippen LogP contribution in [0.25, 0.3) is 0 Å². The molecule has 3 nitrogen and oxygen atoms in total. The number of methoxy groups -OCH3 is 1. The van der Waals surface area contributed by atoms with Crippen LogP contribution in [0.3, 0.4) is 0 Å². The zero-order valence-corrected chi connectivity index (χ0v) is 14.2. The monoisotopic (exact) mass is 353 g/mol. The fourth-order valence-corrected chi connectivity index (χ4v) is 3.14. The number of amides is 1. The number of ether oxygens (including phenoxy) is 1.